The lowest BCUT2D eigenvalue weighted by Crippen LogP contribution is -2.42. The molecule has 1 fully saturated rings. The maximum absolute atomic E-state index is 9.93. The monoisotopic (exact) mass is 343 g/mol. The standard InChI is InChI=1S/C15H22BrNO3/c1-11(15-6-3-7-19-15)17-9-13(18)10-20-14-5-2-4-12(16)8-14/h2,4-5,8,11,13,15,17-18H,3,6-7,9-10H2,1H3. The van der Waals surface area contributed by atoms with E-state index in [0.29, 0.717) is 6.54 Å². The largest absolute Gasteiger partial charge is 0.491 e. The first-order valence-electron chi connectivity index (χ1n) is 7.06. The molecule has 2 rings (SSSR count). The van der Waals surface area contributed by atoms with Crippen LogP contribution in [-0.4, -0.2) is 43.1 Å². The second-order valence-corrected chi connectivity index (χ2v) is 6.09. The van der Waals surface area contributed by atoms with E-state index in [1.807, 2.05) is 24.3 Å². The summed E-state index contributed by atoms with van der Waals surface area (Å²) in [6, 6.07) is 7.87. The first-order valence-corrected chi connectivity index (χ1v) is 7.86. The highest BCUT2D eigenvalue weighted by Gasteiger charge is 2.22. The smallest absolute Gasteiger partial charge is 0.120 e. The quantitative estimate of drug-likeness (QED) is 0.797. The Morgan fingerprint density at radius 3 is 3.10 bits per heavy atom. The molecule has 2 N–H and O–H groups in total. The molecule has 112 valence electrons. The molecule has 1 heterocycles. The predicted octanol–water partition coefficient (Wildman–Crippen LogP) is 2.35. The van der Waals surface area contributed by atoms with Crippen molar-refractivity contribution in [2.24, 2.45) is 0 Å². The van der Waals surface area contributed by atoms with Crippen LogP contribution in [0.5, 0.6) is 5.75 Å². The molecular weight excluding hydrogens is 322 g/mol. The van der Waals surface area contributed by atoms with E-state index < -0.39 is 6.10 Å². The Bertz CT molecular complexity index is 410. The second kappa shape index (κ2) is 7.98. The van der Waals surface area contributed by atoms with Gasteiger partial charge in [-0.2, -0.15) is 0 Å². The third-order valence-electron chi connectivity index (χ3n) is 3.44. The van der Waals surface area contributed by atoms with E-state index in [0.717, 1.165) is 29.7 Å². The lowest BCUT2D eigenvalue weighted by atomic mass is 10.1. The maximum Gasteiger partial charge on any atom is 0.120 e. The van der Waals surface area contributed by atoms with Gasteiger partial charge in [0.05, 0.1) is 6.10 Å². The summed E-state index contributed by atoms with van der Waals surface area (Å²) < 4.78 is 12.1. The fourth-order valence-corrected chi connectivity index (χ4v) is 2.64. The molecule has 0 radical (unpaired) electrons. The summed E-state index contributed by atoms with van der Waals surface area (Å²) in [6.07, 6.45) is 1.97. The third kappa shape index (κ3) is 5.05. The van der Waals surface area contributed by atoms with Crippen LogP contribution < -0.4 is 10.1 Å². The minimum atomic E-state index is -0.530. The third-order valence-corrected chi connectivity index (χ3v) is 3.93. The van der Waals surface area contributed by atoms with E-state index in [-0.39, 0.29) is 18.8 Å². The molecule has 1 aromatic carbocycles. The van der Waals surface area contributed by atoms with Crippen LogP contribution in [0.4, 0.5) is 0 Å². The highest BCUT2D eigenvalue weighted by atomic mass is 79.9. The van der Waals surface area contributed by atoms with Gasteiger partial charge in [0.1, 0.15) is 18.5 Å². The Kier molecular flexibility index (Phi) is 6.29. The molecule has 5 heteroatoms. The second-order valence-electron chi connectivity index (χ2n) is 5.17. The molecule has 1 saturated heterocycles. The zero-order valence-electron chi connectivity index (χ0n) is 11.7. The zero-order chi connectivity index (χ0) is 14.4. The van der Waals surface area contributed by atoms with Crippen LogP contribution in [0.2, 0.25) is 0 Å². The van der Waals surface area contributed by atoms with Gasteiger partial charge in [0.15, 0.2) is 0 Å². The van der Waals surface area contributed by atoms with E-state index in [2.05, 4.69) is 28.2 Å². The van der Waals surface area contributed by atoms with Crippen LogP contribution in [0.1, 0.15) is 19.8 Å². The van der Waals surface area contributed by atoms with Gasteiger partial charge in [-0.25, -0.2) is 0 Å². The molecule has 0 spiro atoms. The predicted molar refractivity (Wildman–Crippen MR) is 82.1 cm³/mol. The van der Waals surface area contributed by atoms with Gasteiger partial charge >= 0.3 is 0 Å². The number of aliphatic hydroxyl groups is 1. The minimum Gasteiger partial charge on any atom is -0.491 e. The summed E-state index contributed by atoms with van der Waals surface area (Å²) in [6.45, 7) is 3.74. The molecule has 4 nitrogen and oxygen atoms in total. The summed E-state index contributed by atoms with van der Waals surface area (Å²) in [5, 5.41) is 13.2. The Hall–Kier alpha value is -0.620. The van der Waals surface area contributed by atoms with Crippen molar-refractivity contribution in [3.63, 3.8) is 0 Å². The van der Waals surface area contributed by atoms with E-state index in [1.165, 1.54) is 0 Å². The highest BCUT2D eigenvalue weighted by Crippen LogP contribution is 2.18. The van der Waals surface area contributed by atoms with Crippen molar-refractivity contribution in [1.82, 2.24) is 5.32 Å². The minimum absolute atomic E-state index is 0.262. The maximum atomic E-state index is 9.93. The summed E-state index contributed by atoms with van der Waals surface area (Å²) in [4.78, 5) is 0. The Labute approximate surface area is 128 Å². The van der Waals surface area contributed by atoms with Crippen molar-refractivity contribution in [1.29, 1.82) is 0 Å². The van der Waals surface area contributed by atoms with Crippen molar-refractivity contribution in [2.75, 3.05) is 19.8 Å². The van der Waals surface area contributed by atoms with E-state index >= 15 is 0 Å². The van der Waals surface area contributed by atoms with Gasteiger partial charge in [0.2, 0.25) is 0 Å². The lowest BCUT2D eigenvalue weighted by molar-refractivity contribution is 0.0675. The van der Waals surface area contributed by atoms with Crippen molar-refractivity contribution >= 4 is 15.9 Å². The van der Waals surface area contributed by atoms with Gasteiger partial charge in [-0.3, -0.25) is 0 Å². The van der Waals surface area contributed by atoms with Crippen LogP contribution in [0.3, 0.4) is 0 Å². The molecule has 1 aliphatic rings. The molecule has 1 aromatic rings. The van der Waals surface area contributed by atoms with Crippen molar-refractivity contribution < 1.29 is 14.6 Å². The van der Waals surface area contributed by atoms with Gasteiger partial charge in [0.25, 0.3) is 0 Å². The SMILES string of the molecule is CC(NCC(O)COc1cccc(Br)c1)C1CCCO1. The molecule has 0 aliphatic carbocycles. The molecular formula is C15H22BrNO3. The van der Waals surface area contributed by atoms with Crippen LogP contribution in [0.15, 0.2) is 28.7 Å². The summed E-state index contributed by atoms with van der Waals surface area (Å²) in [5.41, 5.74) is 0. The van der Waals surface area contributed by atoms with Crippen molar-refractivity contribution in [2.45, 2.75) is 38.0 Å². The fraction of sp³-hybridized carbons (Fsp3) is 0.600. The number of halogens is 1. The molecule has 20 heavy (non-hydrogen) atoms. The topological polar surface area (TPSA) is 50.7 Å². The van der Waals surface area contributed by atoms with E-state index in [9.17, 15) is 5.11 Å². The lowest BCUT2D eigenvalue weighted by Gasteiger charge is -2.22. The average molecular weight is 344 g/mol. The Morgan fingerprint density at radius 2 is 2.40 bits per heavy atom. The molecule has 0 amide bonds. The summed E-state index contributed by atoms with van der Waals surface area (Å²) in [7, 11) is 0. The van der Waals surface area contributed by atoms with Gasteiger partial charge in [-0.15, -0.1) is 0 Å². The Balaban J connectivity index is 1.66. The first-order chi connectivity index (χ1) is 9.65. The zero-order valence-corrected chi connectivity index (χ0v) is 13.3. The number of nitrogens with one attached hydrogen (secondary N) is 1. The molecule has 0 saturated carbocycles. The number of rotatable bonds is 7. The molecule has 0 bridgehead atoms. The molecule has 0 aromatic heterocycles. The summed E-state index contributed by atoms with van der Waals surface area (Å²) >= 11 is 3.39. The number of aliphatic hydroxyl groups excluding tert-OH is 1. The highest BCUT2D eigenvalue weighted by molar-refractivity contribution is 9.10. The van der Waals surface area contributed by atoms with Gasteiger partial charge in [0, 0.05) is 23.7 Å². The molecule has 3 atom stereocenters. The number of hydrogen-bond acceptors (Lipinski definition) is 4. The van der Waals surface area contributed by atoms with Gasteiger partial charge < -0.3 is 19.9 Å². The number of hydrogen-bond donors (Lipinski definition) is 2. The van der Waals surface area contributed by atoms with Crippen LogP contribution in [-0.2, 0) is 4.74 Å². The van der Waals surface area contributed by atoms with Crippen molar-refractivity contribution in [3.8, 4) is 5.75 Å². The number of benzene rings is 1. The van der Waals surface area contributed by atoms with E-state index in [4.69, 9.17) is 9.47 Å². The first kappa shape index (κ1) is 15.8. The van der Waals surface area contributed by atoms with Gasteiger partial charge in [-0.05, 0) is 38.0 Å². The van der Waals surface area contributed by atoms with Crippen LogP contribution in [0, 0.1) is 0 Å². The van der Waals surface area contributed by atoms with Crippen LogP contribution in [0.25, 0.3) is 0 Å². The normalized spacial score (nSPS) is 21.6. The van der Waals surface area contributed by atoms with Crippen molar-refractivity contribution in [3.05, 3.63) is 28.7 Å². The Morgan fingerprint density at radius 1 is 1.55 bits per heavy atom. The fourth-order valence-electron chi connectivity index (χ4n) is 2.26. The van der Waals surface area contributed by atoms with Crippen LogP contribution >= 0.6 is 15.9 Å². The summed E-state index contributed by atoms with van der Waals surface area (Å²) in [5.74, 6) is 0.755. The molecule has 1 aliphatic heterocycles. The number of ether oxygens (including phenoxy) is 2. The van der Waals surface area contributed by atoms with Gasteiger partial charge in [-0.1, -0.05) is 22.0 Å². The average Bonchev–Trinajstić information content (AvgIpc) is 2.97. The molecule has 3 unspecified atom stereocenters. The van der Waals surface area contributed by atoms with E-state index in [1.54, 1.807) is 0 Å².